The summed E-state index contributed by atoms with van der Waals surface area (Å²) >= 11 is 0. The van der Waals surface area contributed by atoms with Crippen LogP contribution in [0.4, 0.5) is 4.39 Å². The molecule has 0 aliphatic heterocycles. The Labute approximate surface area is 99.7 Å². The first kappa shape index (κ1) is 14.1. The highest BCUT2D eigenvalue weighted by Gasteiger charge is 2.27. The van der Waals surface area contributed by atoms with Crippen molar-refractivity contribution in [2.45, 2.75) is 19.0 Å². The quantitative estimate of drug-likeness (QED) is 0.565. The number of hydrogen-bond acceptors (Lipinski definition) is 4. The van der Waals surface area contributed by atoms with Gasteiger partial charge in [0.15, 0.2) is 0 Å². The average Bonchev–Trinajstić information content (AvgIpc) is 2.35. The maximum atomic E-state index is 13.4. The molecule has 0 heterocycles. The van der Waals surface area contributed by atoms with Crippen molar-refractivity contribution in [1.29, 1.82) is 0 Å². The van der Waals surface area contributed by atoms with Crippen molar-refractivity contribution in [3.05, 3.63) is 35.1 Å². The van der Waals surface area contributed by atoms with Gasteiger partial charge in [-0.05, 0) is 13.0 Å². The van der Waals surface area contributed by atoms with E-state index in [9.17, 15) is 4.39 Å². The molecule has 0 amide bonds. The van der Waals surface area contributed by atoms with E-state index in [-0.39, 0.29) is 12.4 Å². The molecule has 0 radical (unpaired) electrons. The van der Waals surface area contributed by atoms with Crippen LogP contribution in [0.3, 0.4) is 0 Å². The van der Waals surface area contributed by atoms with Gasteiger partial charge in [-0.3, -0.25) is 0 Å². The minimum Gasteiger partial charge on any atom is -0.394 e. The number of aryl methyl sites for hydroxylation is 1. The van der Waals surface area contributed by atoms with E-state index in [1.54, 1.807) is 12.1 Å². The molecule has 0 aliphatic rings. The van der Waals surface area contributed by atoms with E-state index in [4.69, 9.17) is 15.3 Å². The predicted molar refractivity (Wildman–Crippen MR) is 62.0 cm³/mol. The average molecular weight is 243 g/mol. The molecule has 0 saturated heterocycles. The van der Waals surface area contributed by atoms with E-state index in [0.717, 1.165) is 5.56 Å². The Balaban J connectivity index is 2.75. The van der Waals surface area contributed by atoms with E-state index in [1.807, 2.05) is 6.92 Å². The van der Waals surface area contributed by atoms with E-state index in [1.165, 1.54) is 6.07 Å². The van der Waals surface area contributed by atoms with Gasteiger partial charge in [-0.2, -0.15) is 0 Å². The Hall–Kier alpha value is -1.01. The molecule has 4 N–H and O–H groups in total. The second-order valence-electron chi connectivity index (χ2n) is 4.20. The fraction of sp³-hybridized carbons (Fsp3) is 0.500. The van der Waals surface area contributed by atoms with Crippen molar-refractivity contribution < 1.29 is 19.7 Å². The maximum absolute atomic E-state index is 13.4. The Morgan fingerprint density at radius 1 is 1.18 bits per heavy atom. The number of aliphatic hydroxyl groups excluding tert-OH is 3. The van der Waals surface area contributed by atoms with Gasteiger partial charge in [0.2, 0.25) is 0 Å². The lowest BCUT2D eigenvalue weighted by Crippen LogP contribution is -2.54. The third kappa shape index (κ3) is 3.47. The summed E-state index contributed by atoms with van der Waals surface area (Å²) in [6.07, 6.45) is 0. The number of halogens is 1. The highest BCUT2D eigenvalue weighted by atomic mass is 19.1. The zero-order chi connectivity index (χ0) is 12.9. The molecular formula is C12H18FNO3. The Morgan fingerprint density at radius 2 is 1.76 bits per heavy atom. The smallest absolute Gasteiger partial charge is 0.127 e. The molecule has 0 spiro atoms. The molecule has 1 aromatic rings. The molecule has 5 heteroatoms. The molecule has 0 fully saturated rings. The van der Waals surface area contributed by atoms with E-state index in [2.05, 4.69) is 5.32 Å². The zero-order valence-corrected chi connectivity index (χ0v) is 9.78. The Kier molecular flexibility index (Phi) is 5.02. The van der Waals surface area contributed by atoms with Crippen molar-refractivity contribution in [2.24, 2.45) is 0 Å². The summed E-state index contributed by atoms with van der Waals surface area (Å²) in [5.74, 6) is -0.356. The fourth-order valence-corrected chi connectivity index (χ4v) is 1.44. The highest BCUT2D eigenvalue weighted by molar-refractivity contribution is 5.24. The van der Waals surface area contributed by atoms with E-state index < -0.39 is 25.4 Å². The molecule has 96 valence electrons. The first-order chi connectivity index (χ1) is 8.06. The van der Waals surface area contributed by atoms with Crippen molar-refractivity contribution in [2.75, 3.05) is 19.8 Å². The third-order valence-corrected chi connectivity index (χ3v) is 2.76. The molecule has 0 unspecified atom stereocenters. The van der Waals surface area contributed by atoms with Crippen LogP contribution in [0.15, 0.2) is 18.2 Å². The summed E-state index contributed by atoms with van der Waals surface area (Å²) in [5.41, 5.74) is 0.173. The van der Waals surface area contributed by atoms with Gasteiger partial charge < -0.3 is 20.6 Å². The van der Waals surface area contributed by atoms with Gasteiger partial charge in [-0.25, -0.2) is 4.39 Å². The topological polar surface area (TPSA) is 72.7 Å². The first-order valence-corrected chi connectivity index (χ1v) is 5.39. The normalized spacial score (nSPS) is 11.8. The van der Waals surface area contributed by atoms with Crippen molar-refractivity contribution in [3.63, 3.8) is 0 Å². The Bertz CT molecular complexity index is 359. The van der Waals surface area contributed by atoms with E-state index in [0.29, 0.717) is 5.56 Å². The molecular weight excluding hydrogens is 225 g/mol. The van der Waals surface area contributed by atoms with Gasteiger partial charge in [-0.15, -0.1) is 0 Å². The SMILES string of the molecule is Cc1ccc(F)c(CNC(CO)(CO)CO)c1. The van der Waals surface area contributed by atoms with Crippen LogP contribution in [-0.4, -0.2) is 40.7 Å². The fourth-order valence-electron chi connectivity index (χ4n) is 1.44. The zero-order valence-electron chi connectivity index (χ0n) is 9.78. The number of aliphatic hydroxyl groups is 3. The van der Waals surface area contributed by atoms with Gasteiger partial charge in [0.25, 0.3) is 0 Å². The van der Waals surface area contributed by atoms with Crippen LogP contribution >= 0.6 is 0 Å². The minimum atomic E-state index is -1.18. The summed E-state index contributed by atoms with van der Waals surface area (Å²) in [6.45, 7) is 0.712. The first-order valence-electron chi connectivity index (χ1n) is 5.39. The van der Waals surface area contributed by atoms with Crippen molar-refractivity contribution in [3.8, 4) is 0 Å². The summed E-state index contributed by atoms with van der Waals surface area (Å²) in [7, 11) is 0. The summed E-state index contributed by atoms with van der Waals surface area (Å²) in [6, 6.07) is 4.71. The van der Waals surface area contributed by atoms with Gasteiger partial charge in [0.1, 0.15) is 5.82 Å². The lowest BCUT2D eigenvalue weighted by molar-refractivity contribution is 0.0412. The monoisotopic (exact) mass is 243 g/mol. The largest absolute Gasteiger partial charge is 0.394 e. The van der Waals surface area contributed by atoms with Crippen LogP contribution in [0.2, 0.25) is 0 Å². The third-order valence-electron chi connectivity index (χ3n) is 2.76. The summed E-state index contributed by atoms with van der Waals surface area (Å²) < 4.78 is 13.4. The number of benzene rings is 1. The van der Waals surface area contributed by atoms with Crippen LogP contribution < -0.4 is 5.32 Å². The van der Waals surface area contributed by atoms with E-state index >= 15 is 0 Å². The molecule has 0 bridgehead atoms. The molecule has 0 atom stereocenters. The molecule has 0 aliphatic carbocycles. The minimum absolute atomic E-state index is 0.134. The molecule has 0 aromatic heterocycles. The van der Waals surface area contributed by atoms with Crippen LogP contribution in [0.5, 0.6) is 0 Å². The lowest BCUT2D eigenvalue weighted by atomic mass is 10.0. The van der Waals surface area contributed by atoms with Gasteiger partial charge >= 0.3 is 0 Å². The molecule has 0 saturated carbocycles. The van der Waals surface area contributed by atoms with Crippen LogP contribution in [0.1, 0.15) is 11.1 Å². The molecule has 1 aromatic carbocycles. The van der Waals surface area contributed by atoms with Crippen molar-refractivity contribution in [1.82, 2.24) is 5.32 Å². The van der Waals surface area contributed by atoms with Crippen LogP contribution in [0.25, 0.3) is 0 Å². The Morgan fingerprint density at radius 3 is 2.29 bits per heavy atom. The van der Waals surface area contributed by atoms with Crippen molar-refractivity contribution >= 4 is 0 Å². The predicted octanol–water partition coefficient (Wildman–Crippen LogP) is -0.0606. The molecule has 4 nitrogen and oxygen atoms in total. The van der Waals surface area contributed by atoms with Crippen LogP contribution in [-0.2, 0) is 6.54 Å². The highest BCUT2D eigenvalue weighted by Crippen LogP contribution is 2.11. The van der Waals surface area contributed by atoms with Crippen LogP contribution in [0, 0.1) is 12.7 Å². The lowest BCUT2D eigenvalue weighted by Gasteiger charge is -2.29. The number of nitrogens with one attached hydrogen (secondary N) is 1. The maximum Gasteiger partial charge on any atom is 0.127 e. The standard InChI is InChI=1S/C12H18FNO3/c1-9-2-3-11(13)10(4-9)5-14-12(6-15,7-16)8-17/h2-4,14-17H,5-8H2,1H3. The van der Waals surface area contributed by atoms with Gasteiger partial charge in [-0.1, -0.05) is 17.7 Å². The second-order valence-corrected chi connectivity index (χ2v) is 4.20. The number of rotatable bonds is 6. The molecule has 17 heavy (non-hydrogen) atoms. The van der Waals surface area contributed by atoms with Gasteiger partial charge in [0.05, 0.1) is 25.4 Å². The summed E-state index contributed by atoms with van der Waals surface area (Å²) in [5, 5.41) is 30.1. The van der Waals surface area contributed by atoms with Gasteiger partial charge in [0, 0.05) is 12.1 Å². The molecule has 1 rings (SSSR count). The number of hydrogen-bond donors (Lipinski definition) is 4. The summed E-state index contributed by atoms with van der Waals surface area (Å²) in [4.78, 5) is 0. The second kappa shape index (κ2) is 6.07.